The van der Waals surface area contributed by atoms with Crippen LogP contribution in [0.1, 0.15) is 80.9 Å². The van der Waals surface area contributed by atoms with Crippen molar-refractivity contribution in [2.75, 3.05) is 31.4 Å². The molecule has 2 aromatic heterocycles. The Labute approximate surface area is 241 Å². The van der Waals surface area contributed by atoms with Gasteiger partial charge in [-0.3, -0.25) is 9.79 Å². The lowest BCUT2D eigenvalue weighted by molar-refractivity contribution is 0.112. The Morgan fingerprint density at radius 1 is 1.18 bits per heavy atom. The highest BCUT2D eigenvalue weighted by molar-refractivity contribution is 5.99. The third-order valence-electron chi connectivity index (χ3n) is 6.74. The van der Waals surface area contributed by atoms with E-state index in [9.17, 15) is 10.0 Å². The maximum atomic E-state index is 10.8. The van der Waals surface area contributed by atoms with Gasteiger partial charge in [0.2, 0.25) is 0 Å². The molecular formula is C32H50N6O2. The second-order valence-corrected chi connectivity index (χ2v) is 9.36. The number of carbonyl (C=O) groups excluding carboxylic acids is 1. The number of carbonyl (C=O) groups is 1. The molecular weight excluding hydrogens is 500 g/mol. The maximum absolute atomic E-state index is 10.8. The summed E-state index contributed by atoms with van der Waals surface area (Å²) < 4.78 is 1.00. The van der Waals surface area contributed by atoms with Gasteiger partial charge in [0, 0.05) is 44.1 Å². The van der Waals surface area contributed by atoms with Crippen LogP contribution in [0.25, 0.3) is 11.0 Å². The van der Waals surface area contributed by atoms with Gasteiger partial charge in [-0.1, -0.05) is 78.0 Å². The van der Waals surface area contributed by atoms with Crippen LogP contribution in [0.5, 0.6) is 0 Å². The third kappa shape index (κ3) is 10.2. The molecule has 0 saturated heterocycles. The summed E-state index contributed by atoms with van der Waals surface area (Å²) in [6, 6.07) is 10.1. The molecule has 0 radical (unpaired) electrons. The first-order valence-corrected chi connectivity index (χ1v) is 14.3. The van der Waals surface area contributed by atoms with Crippen molar-refractivity contribution in [3.63, 3.8) is 0 Å². The van der Waals surface area contributed by atoms with Gasteiger partial charge in [-0.05, 0) is 43.7 Å². The predicted octanol–water partition coefficient (Wildman–Crippen LogP) is 7.45. The Bertz CT molecular complexity index is 1160. The average Bonchev–Trinajstić information content (AvgIpc) is 3.30. The van der Waals surface area contributed by atoms with Crippen molar-refractivity contribution in [1.82, 2.24) is 15.0 Å². The van der Waals surface area contributed by atoms with Gasteiger partial charge >= 0.3 is 0 Å². The number of benzene rings is 1. The summed E-state index contributed by atoms with van der Waals surface area (Å²) in [4.78, 5) is 20.6. The fraction of sp³-hybridized carbons (Fsp3) is 0.469. The van der Waals surface area contributed by atoms with Crippen LogP contribution in [0.2, 0.25) is 0 Å². The fourth-order valence-corrected chi connectivity index (χ4v) is 4.57. The van der Waals surface area contributed by atoms with E-state index in [1.165, 1.54) is 50.3 Å². The summed E-state index contributed by atoms with van der Waals surface area (Å²) in [7, 11) is 5.41. The maximum Gasteiger partial charge on any atom is 0.177 e. The first-order chi connectivity index (χ1) is 19.4. The number of rotatable bonds is 8. The lowest BCUT2D eigenvalue weighted by Crippen LogP contribution is -2.12. The van der Waals surface area contributed by atoms with E-state index in [0.29, 0.717) is 22.6 Å². The SMILES string of the molecule is C=CN(C=NC)c1ccc(CNC)cc1.CC.CCC1CCCCC1.CNc1c(C=O)cnc2c1cc(C)n2O. The topological polar surface area (TPSA) is 94.8 Å². The van der Waals surface area contributed by atoms with Crippen LogP contribution in [0, 0.1) is 12.8 Å². The van der Waals surface area contributed by atoms with Crippen molar-refractivity contribution >= 4 is 35.0 Å². The number of nitrogens with zero attached hydrogens (tertiary/aromatic N) is 4. The largest absolute Gasteiger partial charge is 0.427 e. The van der Waals surface area contributed by atoms with E-state index in [-0.39, 0.29) is 0 Å². The number of aliphatic imine (C=N–C) groups is 1. The molecule has 1 aliphatic carbocycles. The molecule has 3 N–H and O–H groups in total. The molecule has 8 nitrogen and oxygen atoms in total. The van der Waals surface area contributed by atoms with E-state index >= 15 is 0 Å². The lowest BCUT2D eigenvalue weighted by Gasteiger charge is -2.18. The number of aryl methyl sites for hydroxylation is 1. The second kappa shape index (κ2) is 19.4. The Kier molecular flexibility index (Phi) is 16.7. The molecule has 1 fully saturated rings. The fourth-order valence-electron chi connectivity index (χ4n) is 4.57. The minimum Gasteiger partial charge on any atom is -0.427 e. The van der Waals surface area contributed by atoms with Crippen LogP contribution >= 0.6 is 0 Å². The highest BCUT2D eigenvalue weighted by atomic mass is 16.5. The molecule has 0 bridgehead atoms. The Hall–Kier alpha value is -3.65. The normalized spacial score (nSPS) is 12.8. The molecule has 0 spiro atoms. The quantitative estimate of drug-likeness (QED) is 0.117. The van der Waals surface area contributed by atoms with Gasteiger partial charge in [-0.25, -0.2) is 4.98 Å². The number of pyridine rings is 1. The number of nitrogens with one attached hydrogen (secondary N) is 2. The second-order valence-electron chi connectivity index (χ2n) is 9.36. The molecule has 220 valence electrons. The minimum atomic E-state index is 0.447. The Morgan fingerprint density at radius 3 is 2.30 bits per heavy atom. The zero-order valence-electron chi connectivity index (χ0n) is 25.6. The van der Waals surface area contributed by atoms with Crippen LogP contribution in [0.4, 0.5) is 11.4 Å². The predicted molar refractivity (Wildman–Crippen MR) is 171 cm³/mol. The van der Waals surface area contributed by atoms with Gasteiger partial charge < -0.3 is 20.7 Å². The van der Waals surface area contributed by atoms with Crippen LogP contribution in [0.3, 0.4) is 0 Å². The van der Waals surface area contributed by atoms with Crippen LogP contribution in [-0.2, 0) is 6.54 Å². The van der Waals surface area contributed by atoms with Crippen molar-refractivity contribution in [2.45, 2.75) is 72.8 Å². The van der Waals surface area contributed by atoms with E-state index in [2.05, 4.69) is 58.4 Å². The zero-order valence-corrected chi connectivity index (χ0v) is 25.6. The van der Waals surface area contributed by atoms with Crippen molar-refractivity contribution in [3.05, 3.63) is 66.1 Å². The summed E-state index contributed by atoms with van der Waals surface area (Å²) >= 11 is 0. The first kappa shape index (κ1) is 34.4. The highest BCUT2D eigenvalue weighted by Crippen LogP contribution is 2.27. The smallest absolute Gasteiger partial charge is 0.177 e. The van der Waals surface area contributed by atoms with Crippen molar-refractivity contribution in [1.29, 1.82) is 0 Å². The number of hydrogen-bond acceptors (Lipinski definition) is 6. The molecule has 40 heavy (non-hydrogen) atoms. The summed E-state index contributed by atoms with van der Waals surface area (Å²) in [5.41, 5.74) is 4.62. The number of fused-ring (bicyclic) bond motifs is 1. The van der Waals surface area contributed by atoms with Gasteiger partial charge in [0.25, 0.3) is 0 Å². The molecule has 3 aromatic rings. The monoisotopic (exact) mass is 550 g/mol. The van der Waals surface area contributed by atoms with E-state index in [4.69, 9.17) is 0 Å². The minimum absolute atomic E-state index is 0.447. The van der Waals surface area contributed by atoms with E-state index in [0.717, 1.165) is 34.6 Å². The van der Waals surface area contributed by atoms with Gasteiger partial charge in [0.05, 0.1) is 23.3 Å². The average molecular weight is 551 g/mol. The molecule has 0 amide bonds. The molecule has 1 aliphatic rings. The number of hydrogen-bond donors (Lipinski definition) is 3. The third-order valence-corrected chi connectivity index (χ3v) is 6.74. The van der Waals surface area contributed by atoms with E-state index in [1.807, 2.05) is 25.8 Å². The summed E-state index contributed by atoms with van der Waals surface area (Å²) in [5, 5.41) is 16.4. The van der Waals surface area contributed by atoms with Gasteiger partial charge in [-0.2, -0.15) is 4.73 Å². The number of aldehydes is 1. The molecule has 1 saturated carbocycles. The standard InChI is InChI=1S/C12H17N3.C10H11N3O2.C8H16.C2H6/c1-4-15(10-14-3)12-7-5-11(6-8-12)9-13-2;1-6-3-8-9(11-2)7(5-14)4-12-10(8)13(6)15;1-2-8-6-4-3-5-7-8;1-2/h4-8,10,13H,1,9H2,2-3H3;3-5,15H,1-2H3,(H,11,12);8H,2-7H2,1H3;1-2H3. The van der Waals surface area contributed by atoms with Crippen molar-refractivity contribution in [2.24, 2.45) is 10.9 Å². The van der Waals surface area contributed by atoms with Crippen LogP contribution in [-0.4, -0.2) is 48.7 Å². The van der Waals surface area contributed by atoms with Crippen LogP contribution in [0.15, 0.2) is 54.3 Å². The molecule has 8 heteroatoms. The van der Waals surface area contributed by atoms with E-state index in [1.54, 1.807) is 39.6 Å². The lowest BCUT2D eigenvalue weighted by atomic mass is 9.88. The number of anilines is 2. The van der Waals surface area contributed by atoms with Crippen molar-refractivity contribution < 1.29 is 10.0 Å². The molecule has 4 rings (SSSR count). The van der Waals surface area contributed by atoms with Gasteiger partial charge in [0.1, 0.15) is 0 Å². The van der Waals surface area contributed by atoms with E-state index < -0.39 is 0 Å². The first-order valence-electron chi connectivity index (χ1n) is 14.3. The molecule has 1 aromatic carbocycles. The molecule has 2 heterocycles. The summed E-state index contributed by atoms with van der Waals surface area (Å²) in [6.07, 6.45) is 14.6. The number of aromatic nitrogens is 2. The Balaban J connectivity index is 0.000000303. The summed E-state index contributed by atoms with van der Waals surface area (Å²) in [5.74, 6) is 1.09. The Morgan fingerprint density at radius 2 is 1.82 bits per heavy atom. The molecule has 0 atom stereocenters. The van der Waals surface area contributed by atoms with Crippen LogP contribution < -0.4 is 15.5 Å². The van der Waals surface area contributed by atoms with Crippen molar-refractivity contribution in [3.8, 4) is 0 Å². The van der Waals surface area contributed by atoms with Gasteiger partial charge in [-0.15, -0.1) is 0 Å². The van der Waals surface area contributed by atoms with Gasteiger partial charge in [0.15, 0.2) is 11.9 Å². The summed E-state index contributed by atoms with van der Waals surface area (Å²) in [6.45, 7) is 12.7. The zero-order chi connectivity index (χ0) is 29.9. The highest BCUT2D eigenvalue weighted by Gasteiger charge is 2.12. The molecule has 0 aliphatic heterocycles. The molecule has 0 unspecified atom stereocenters.